The Morgan fingerprint density at radius 1 is 1.16 bits per heavy atom. The second-order valence-electron chi connectivity index (χ2n) is 5.94. The number of rotatable bonds is 2. The molecule has 0 bridgehead atoms. The Morgan fingerprint density at radius 2 is 1.95 bits per heavy atom. The Balaban J connectivity index is 1.87. The van der Waals surface area contributed by atoms with Gasteiger partial charge in [0.1, 0.15) is 0 Å². The lowest BCUT2D eigenvalue weighted by molar-refractivity contribution is 0.244. The van der Waals surface area contributed by atoms with E-state index in [9.17, 15) is 0 Å². The molecule has 2 nitrogen and oxygen atoms in total. The predicted molar refractivity (Wildman–Crippen MR) is 81.7 cm³/mol. The number of benzene rings is 1. The van der Waals surface area contributed by atoms with Gasteiger partial charge in [-0.2, -0.15) is 0 Å². The molecule has 1 aliphatic heterocycles. The van der Waals surface area contributed by atoms with Gasteiger partial charge in [0.05, 0.1) is 10.7 Å². The summed E-state index contributed by atoms with van der Waals surface area (Å²) in [6.45, 7) is 1.72. The van der Waals surface area contributed by atoms with Crippen molar-refractivity contribution in [3.8, 4) is 0 Å². The minimum atomic E-state index is 0.562. The summed E-state index contributed by atoms with van der Waals surface area (Å²) in [5.41, 5.74) is 8.02. The highest BCUT2D eigenvalue weighted by Gasteiger charge is 2.33. The van der Waals surface area contributed by atoms with Crippen molar-refractivity contribution in [2.24, 2.45) is 11.7 Å². The van der Waals surface area contributed by atoms with Gasteiger partial charge in [-0.3, -0.25) is 0 Å². The van der Waals surface area contributed by atoms with Crippen LogP contribution in [0.5, 0.6) is 0 Å². The molecule has 104 valence electrons. The summed E-state index contributed by atoms with van der Waals surface area (Å²) < 4.78 is 0. The van der Waals surface area contributed by atoms with Gasteiger partial charge >= 0.3 is 0 Å². The van der Waals surface area contributed by atoms with E-state index in [4.69, 9.17) is 17.3 Å². The van der Waals surface area contributed by atoms with Gasteiger partial charge < -0.3 is 10.6 Å². The van der Waals surface area contributed by atoms with Gasteiger partial charge in [0.25, 0.3) is 0 Å². The van der Waals surface area contributed by atoms with Gasteiger partial charge in [-0.15, -0.1) is 0 Å². The Morgan fingerprint density at radius 3 is 2.74 bits per heavy atom. The molecule has 3 heteroatoms. The molecule has 1 heterocycles. The number of nitrogens with two attached hydrogens (primary N) is 1. The second kappa shape index (κ2) is 5.72. The first kappa shape index (κ1) is 13.3. The van der Waals surface area contributed by atoms with Gasteiger partial charge in [-0.1, -0.05) is 30.5 Å². The van der Waals surface area contributed by atoms with Crippen LogP contribution in [0.2, 0.25) is 5.02 Å². The van der Waals surface area contributed by atoms with Crippen LogP contribution in [0.3, 0.4) is 0 Å². The van der Waals surface area contributed by atoms with Crippen LogP contribution in [0.15, 0.2) is 18.2 Å². The lowest BCUT2D eigenvalue weighted by Gasteiger charge is -2.45. The van der Waals surface area contributed by atoms with Crippen molar-refractivity contribution in [3.05, 3.63) is 28.8 Å². The van der Waals surface area contributed by atoms with Crippen LogP contribution in [0, 0.1) is 5.92 Å². The number of anilines is 1. The van der Waals surface area contributed by atoms with E-state index in [0.717, 1.165) is 23.0 Å². The zero-order valence-corrected chi connectivity index (χ0v) is 12.2. The van der Waals surface area contributed by atoms with Crippen LogP contribution in [-0.2, 0) is 6.54 Å². The third kappa shape index (κ3) is 2.61. The summed E-state index contributed by atoms with van der Waals surface area (Å²) in [4.78, 5) is 2.57. The molecule has 19 heavy (non-hydrogen) atoms. The summed E-state index contributed by atoms with van der Waals surface area (Å²) in [6.07, 6.45) is 8.22. The molecule has 1 saturated heterocycles. The lowest BCUT2D eigenvalue weighted by atomic mass is 9.78. The van der Waals surface area contributed by atoms with E-state index in [1.807, 2.05) is 6.07 Å². The highest BCUT2D eigenvalue weighted by Crippen LogP contribution is 2.40. The Hall–Kier alpha value is -0.730. The first-order chi connectivity index (χ1) is 9.29. The van der Waals surface area contributed by atoms with Crippen LogP contribution in [0.4, 0.5) is 5.69 Å². The van der Waals surface area contributed by atoms with Crippen molar-refractivity contribution in [1.82, 2.24) is 0 Å². The summed E-state index contributed by atoms with van der Waals surface area (Å²) in [5, 5.41) is 0.870. The van der Waals surface area contributed by atoms with E-state index < -0.39 is 0 Å². The molecule has 1 aromatic carbocycles. The predicted octanol–water partition coefficient (Wildman–Crippen LogP) is 3.96. The van der Waals surface area contributed by atoms with Crippen molar-refractivity contribution < 1.29 is 0 Å². The average molecular weight is 279 g/mol. The molecule has 2 fully saturated rings. The Kier molecular flexibility index (Phi) is 3.99. The fourth-order valence-corrected chi connectivity index (χ4v) is 4.15. The number of halogens is 1. The van der Waals surface area contributed by atoms with E-state index in [1.165, 1.54) is 44.2 Å². The second-order valence-corrected chi connectivity index (χ2v) is 6.34. The van der Waals surface area contributed by atoms with Crippen LogP contribution in [0.25, 0.3) is 0 Å². The number of nitrogens with zero attached hydrogens (tertiary/aromatic N) is 1. The summed E-state index contributed by atoms with van der Waals surface area (Å²) in [6, 6.07) is 7.03. The van der Waals surface area contributed by atoms with Gasteiger partial charge in [0.15, 0.2) is 0 Å². The number of piperidine rings is 1. The Bertz CT molecular complexity index is 444. The topological polar surface area (TPSA) is 29.3 Å². The molecular weight excluding hydrogens is 256 g/mol. The van der Waals surface area contributed by atoms with Crippen molar-refractivity contribution in [1.29, 1.82) is 0 Å². The SMILES string of the molecule is NCc1ccc(N2CCC[C@H]3CCCC[C@H]32)c(Cl)c1. The minimum absolute atomic E-state index is 0.562. The van der Waals surface area contributed by atoms with Crippen LogP contribution in [0.1, 0.15) is 44.1 Å². The average Bonchev–Trinajstić information content (AvgIpc) is 2.46. The Labute approximate surface area is 120 Å². The quantitative estimate of drug-likeness (QED) is 0.887. The van der Waals surface area contributed by atoms with E-state index >= 15 is 0 Å². The van der Waals surface area contributed by atoms with Gasteiger partial charge in [0.2, 0.25) is 0 Å². The normalized spacial score (nSPS) is 27.2. The van der Waals surface area contributed by atoms with Gasteiger partial charge in [-0.25, -0.2) is 0 Å². The summed E-state index contributed by atoms with van der Waals surface area (Å²) in [7, 11) is 0. The van der Waals surface area contributed by atoms with Crippen LogP contribution >= 0.6 is 11.6 Å². The molecular formula is C16H23ClN2. The zero-order chi connectivity index (χ0) is 13.2. The highest BCUT2D eigenvalue weighted by atomic mass is 35.5. The fourth-order valence-electron chi connectivity index (χ4n) is 3.83. The number of fused-ring (bicyclic) bond motifs is 1. The van der Waals surface area contributed by atoms with Gasteiger partial charge in [-0.05, 0) is 49.3 Å². The lowest BCUT2D eigenvalue weighted by Crippen LogP contribution is -2.47. The molecule has 0 radical (unpaired) electrons. The third-order valence-corrected chi connectivity index (χ3v) is 5.10. The number of hydrogen-bond donors (Lipinski definition) is 1. The molecule has 2 atom stereocenters. The standard InChI is InChI=1S/C16H23ClN2/c17-14-10-12(11-18)7-8-16(14)19-9-3-5-13-4-1-2-6-15(13)19/h7-8,10,13,15H,1-6,9,11,18H2/t13-,15-/m1/s1. The molecule has 0 amide bonds. The summed E-state index contributed by atoms with van der Waals surface area (Å²) >= 11 is 6.48. The third-order valence-electron chi connectivity index (χ3n) is 4.80. The van der Waals surface area contributed by atoms with Crippen molar-refractivity contribution >= 4 is 17.3 Å². The molecule has 1 aliphatic carbocycles. The van der Waals surface area contributed by atoms with Crippen molar-refractivity contribution in [2.45, 2.75) is 51.1 Å². The molecule has 0 unspecified atom stereocenters. The smallest absolute Gasteiger partial charge is 0.0642 e. The maximum Gasteiger partial charge on any atom is 0.0642 e. The molecule has 2 N–H and O–H groups in total. The molecule has 0 aromatic heterocycles. The van der Waals surface area contributed by atoms with Crippen molar-refractivity contribution in [2.75, 3.05) is 11.4 Å². The van der Waals surface area contributed by atoms with E-state index in [2.05, 4.69) is 17.0 Å². The van der Waals surface area contributed by atoms with E-state index in [1.54, 1.807) is 0 Å². The first-order valence-corrected chi connectivity index (χ1v) is 7.92. The summed E-state index contributed by atoms with van der Waals surface area (Å²) in [5.74, 6) is 0.882. The zero-order valence-electron chi connectivity index (χ0n) is 11.4. The van der Waals surface area contributed by atoms with Crippen LogP contribution < -0.4 is 10.6 Å². The molecule has 3 rings (SSSR count). The minimum Gasteiger partial charge on any atom is -0.367 e. The molecule has 1 aromatic rings. The maximum absolute atomic E-state index is 6.48. The monoisotopic (exact) mass is 278 g/mol. The first-order valence-electron chi connectivity index (χ1n) is 7.54. The molecule has 1 saturated carbocycles. The molecule has 2 aliphatic rings. The highest BCUT2D eigenvalue weighted by molar-refractivity contribution is 6.33. The number of hydrogen-bond acceptors (Lipinski definition) is 2. The van der Waals surface area contributed by atoms with E-state index in [0.29, 0.717) is 12.6 Å². The van der Waals surface area contributed by atoms with Gasteiger partial charge in [0, 0.05) is 19.1 Å². The fraction of sp³-hybridized carbons (Fsp3) is 0.625. The van der Waals surface area contributed by atoms with Crippen LogP contribution in [-0.4, -0.2) is 12.6 Å². The molecule has 0 spiro atoms. The van der Waals surface area contributed by atoms with E-state index in [-0.39, 0.29) is 0 Å². The van der Waals surface area contributed by atoms with Crippen molar-refractivity contribution in [3.63, 3.8) is 0 Å². The maximum atomic E-state index is 6.48. The largest absolute Gasteiger partial charge is 0.367 e.